The summed E-state index contributed by atoms with van der Waals surface area (Å²) in [4.78, 5) is 35.4. The SMILES string of the molecule is CCC(=O)N1CCC(Nc2nn(Cc3ccc(OC)cc3)c3nccc(Oc4ccc(C(=O)Nc5cc(C(F)(F)F)ccn5)cc4)c23)C1. The fraction of sp³-hybridized carbons (Fsp3) is 0.265. The van der Waals surface area contributed by atoms with Gasteiger partial charge in [-0.3, -0.25) is 9.59 Å². The quantitative estimate of drug-likeness (QED) is 0.177. The van der Waals surface area contributed by atoms with E-state index in [-0.39, 0.29) is 23.3 Å². The number of ether oxygens (including phenoxy) is 2. The zero-order valence-corrected chi connectivity index (χ0v) is 26.1. The highest BCUT2D eigenvalue weighted by Gasteiger charge is 2.31. The van der Waals surface area contributed by atoms with Crippen LogP contribution in [0.3, 0.4) is 0 Å². The van der Waals surface area contributed by atoms with Crippen molar-refractivity contribution in [2.75, 3.05) is 30.8 Å². The van der Waals surface area contributed by atoms with Gasteiger partial charge in [0.05, 0.1) is 19.2 Å². The second kappa shape index (κ2) is 13.6. The summed E-state index contributed by atoms with van der Waals surface area (Å²) >= 11 is 0. The van der Waals surface area contributed by atoms with Crippen LogP contribution in [0.5, 0.6) is 17.2 Å². The average Bonchev–Trinajstić information content (AvgIpc) is 3.70. The summed E-state index contributed by atoms with van der Waals surface area (Å²) in [5, 5.41) is 11.4. The number of likely N-dealkylation sites (tertiary alicyclic amines) is 1. The first-order valence-corrected chi connectivity index (χ1v) is 15.3. The van der Waals surface area contributed by atoms with Crippen LogP contribution in [0.2, 0.25) is 0 Å². The number of aromatic nitrogens is 4. The normalized spacial score (nSPS) is 14.6. The van der Waals surface area contributed by atoms with Crippen LogP contribution in [0.1, 0.15) is 41.3 Å². The van der Waals surface area contributed by atoms with Gasteiger partial charge in [0.2, 0.25) is 5.91 Å². The summed E-state index contributed by atoms with van der Waals surface area (Å²) in [6.45, 7) is 3.48. The number of carbonyl (C=O) groups excluding carboxylic acids is 2. The first kappa shape index (κ1) is 32.3. The van der Waals surface area contributed by atoms with Crippen LogP contribution in [0.15, 0.2) is 79.1 Å². The van der Waals surface area contributed by atoms with E-state index in [9.17, 15) is 22.8 Å². The lowest BCUT2D eigenvalue weighted by atomic mass is 10.2. The Morgan fingerprint density at radius 3 is 2.42 bits per heavy atom. The van der Waals surface area contributed by atoms with E-state index >= 15 is 0 Å². The largest absolute Gasteiger partial charge is 0.497 e. The Bertz CT molecular complexity index is 1930. The van der Waals surface area contributed by atoms with E-state index in [1.807, 2.05) is 36.1 Å². The lowest BCUT2D eigenvalue weighted by molar-refractivity contribution is -0.137. The Morgan fingerprint density at radius 1 is 0.979 bits per heavy atom. The number of fused-ring (bicyclic) bond motifs is 1. The minimum Gasteiger partial charge on any atom is -0.497 e. The summed E-state index contributed by atoms with van der Waals surface area (Å²) in [7, 11) is 1.61. The van der Waals surface area contributed by atoms with Gasteiger partial charge in [-0.2, -0.15) is 18.3 Å². The third-order valence-electron chi connectivity index (χ3n) is 7.94. The number of nitrogens with zero attached hydrogens (tertiary/aromatic N) is 5. The fourth-order valence-corrected chi connectivity index (χ4v) is 5.46. The molecule has 0 spiro atoms. The summed E-state index contributed by atoms with van der Waals surface area (Å²) in [6, 6.07) is 17.1. The second-order valence-electron chi connectivity index (χ2n) is 11.2. The molecule has 3 aromatic heterocycles. The van der Waals surface area contributed by atoms with Crippen molar-refractivity contribution in [2.45, 2.75) is 38.5 Å². The van der Waals surface area contributed by atoms with Gasteiger partial charge in [-0.1, -0.05) is 19.1 Å². The first-order valence-electron chi connectivity index (χ1n) is 15.3. The number of anilines is 2. The van der Waals surface area contributed by atoms with Crippen molar-refractivity contribution in [3.05, 3.63) is 95.8 Å². The third-order valence-corrected chi connectivity index (χ3v) is 7.94. The van der Waals surface area contributed by atoms with Crippen LogP contribution in [0.25, 0.3) is 11.0 Å². The van der Waals surface area contributed by atoms with E-state index in [0.29, 0.717) is 54.4 Å². The molecule has 248 valence electrons. The van der Waals surface area contributed by atoms with E-state index in [1.54, 1.807) is 36.2 Å². The molecule has 0 aliphatic carbocycles. The molecular formula is C34H32F3N7O4. The zero-order chi connectivity index (χ0) is 33.8. The molecule has 1 saturated heterocycles. The van der Waals surface area contributed by atoms with E-state index in [0.717, 1.165) is 36.1 Å². The van der Waals surface area contributed by atoms with Crippen molar-refractivity contribution in [1.29, 1.82) is 0 Å². The molecule has 14 heteroatoms. The summed E-state index contributed by atoms with van der Waals surface area (Å²) in [5.41, 5.74) is 0.842. The van der Waals surface area contributed by atoms with Crippen LogP contribution in [0, 0.1) is 0 Å². The first-order chi connectivity index (χ1) is 23.1. The van der Waals surface area contributed by atoms with E-state index < -0.39 is 17.6 Å². The molecule has 2 aromatic carbocycles. The van der Waals surface area contributed by atoms with Gasteiger partial charge in [0.1, 0.15) is 28.5 Å². The van der Waals surface area contributed by atoms with Gasteiger partial charge in [0.15, 0.2) is 11.5 Å². The molecule has 1 fully saturated rings. The summed E-state index contributed by atoms with van der Waals surface area (Å²) < 4.78 is 52.6. The summed E-state index contributed by atoms with van der Waals surface area (Å²) in [6.07, 6.45) is -0.757. The maximum absolute atomic E-state index is 13.1. The van der Waals surface area contributed by atoms with Crippen molar-refractivity contribution in [3.63, 3.8) is 0 Å². The van der Waals surface area contributed by atoms with Gasteiger partial charge in [-0.25, -0.2) is 14.6 Å². The topological polar surface area (TPSA) is 124 Å². The molecule has 0 bridgehead atoms. The van der Waals surface area contributed by atoms with Crippen molar-refractivity contribution < 1.29 is 32.2 Å². The maximum atomic E-state index is 13.1. The molecule has 48 heavy (non-hydrogen) atoms. The van der Waals surface area contributed by atoms with E-state index in [4.69, 9.17) is 14.6 Å². The van der Waals surface area contributed by atoms with Crippen LogP contribution in [-0.4, -0.2) is 62.7 Å². The maximum Gasteiger partial charge on any atom is 0.416 e. The summed E-state index contributed by atoms with van der Waals surface area (Å²) in [5.74, 6) is 1.43. The molecule has 2 N–H and O–H groups in total. The predicted octanol–water partition coefficient (Wildman–Crippen LogP) is 6.37. The molecular weight excluding hydrogens is 627 g/mol. The standard InChI is InChI=1S/C34H32F3N7O4/c1-3-29(45)43-17-14-24(20-43)40-31-30-27(13-16-39-32(30)44(42-31)19-21-4-8-25(47-2)9-5-21)48-26-10-6-22(7-11-26)33(46)41-28-18-23(12-15-38-28)34(35,36)37/h4-13,15-16,18,24H,3,14,17,19-20H2,1-2H3,(H,40,42)(H,38,41,46). The monoisotopic (exact) mass is 659 g/mol. The molecule has 1 aliphatic rings. The number of benzene rings is 2. The van der Waals surface area contributed by atoms with Crippen LogP contribution in [-0.2, 0) is 17.5 Å². The second-order valence-corrected chi connectivity index (χ2v) is 11.2. The van der Waals surface area contributed by atoms with Crippen molar-refractivity contribution >= 4 is 34.5 Å². The Morgan fingerprint density at radius 2 is 1.71 bits per heavy atom. The third kappa shape index (κ3) is 7.17. The van der Waals surface area contributed by atoms with Gasteiger partial charge in [-0.15, -0.1) is 0 Å². The molecule has 4 heterocycles. The number of nitrogens with one attached hydrogen (secondary N) is 2. The number of alkyl halides is 3. The molecule has 5 aromatic rings. The Balaban J connectivity index is 1.25. The van der Waals surface area contributed by atoms with Gasteiger partial charge in [0.25, 0.3) is 5.91 Å². The smallest absolute Gasteiger partial charge is 0.416 e. The Hall–Kier alpha value is -5.66. The van der Waals surface area contributed by atoms with Crippen molar-refractivity contribution in [2.24, 2.45) is 0 Å². The number of carbonyl (C=O) groups is 2. The molecule has 11 nitrogen and oxygen atoms in total. The van der Waals surface area contributed by atoms with Gasteiger partial charge < -0.3 is 25.0 Å². The lowest BCUT2D eigenvalue weighted by Gasteiger charge is -2.16. The fourth-order valence-electron chi connectivity index (χ4n) is 5.46. The number of pyridine rings is 2. The van der Waals surface area contributed by atoms with E-state index in [1.165, 1.54) is 12.1 Å². The van der Waals surface area contributed by atoms with Crippen LogP contribution < -0.4 is 20.1 Å². The van der Waals surface area contributed by atoms with Crippen molar-refractivity contribution in [1.82, 2.24) is 24.6 Å². The predicted molar refractivity (Wildman–Crippen MR) is 172 cm³/mol. The molecule has 1 unspecified atom stereocenters. The van der Waals surface area contributed by atoms with Crippen LogP contribution in [0.4, 0.5) is 24.8 Å². The van der Waals surface area contributed by atoms with Crippen molar-refractivity contribution in [3.8, 4) is 17.2 Å². The van der Waals surface area contributed by atoms with Crippen LogP contribution >= 0.6 is 0 Å². The molecule has 0 saturated carbocycles. The molecule has 0 radical (unpaired) electrons. The number of halogens is 3. The number of hydrogen-bond donors (Lipinski definition) is 2. The minimum absolute atomic E-state index is 0.0230. The zero-order valence-electron chi connectivity index (χ0n) is 26.1. The lowest BCUT2D eigenvalue weighted by Crippen LogP contribution is -2.31. The number of hydrogen-bond acceptors (Lipinski definition) is 8. The Kier molecular flexibility index (Phi) is 9.15. The molecule has 1 atom stereocenters. The highest BCUT2D eigenvalue weighted by molar-refractivity contribution is 6.03. The number of rotatable bonds is 10. The molecule has 6 rings (SSSR count). The Labute approximate surface area is 273 Å². The van der Waals surface area contributed by atoms with Gasteiger partial charge in [-0.05, 0) is 60.5 Å². The number of amides is 2. The molecule has 2 amide bonds. The van der Waals surface area contributed by atoms with Gasteiger partial charge >= 0.3 is 6.18 Å². The number of methoxy groups -OCH3 is 1. The van der Waals surface area contributed by atoms with Gasteiger partial charge in [0, 0.05) is 49.6 Å². The molecule has 1 aliphatic heterocycles. The minimum atomic E-state index is -4.56. The average molecular weight is 660 g/mol. The highest BCUT2D eigenvalue weighted by atomic mass is 19.4. The van der Waals surface area contributed by atoms with E-state index in [2.05, 4.69) is 20.6 Å². The highest BCUT2D eigenvalue weighted by Crippen LogP contribution is 2.36.